The van der Waals surface area contributed by atoms with Crippen LogP contribution < -0.4 is 15.9 Å². The van der Waals surface area contributed by atoms with Gasteiger partial charge in [0.05, 0.1) is 6.20 Å². The molecule has 1 amide bonds. The normalized spacial score (nSPS) is 11.7. The number of nitrogens with zero attached hydrogens (tertiary/aromatic N) is 2. The number of carbonyl (C=O) groups excluding carboxylic acids is 1. The second-order valence-corrected chi connectivity index (χ2v) is 11.7. The fourth-order valence-corrected chi connectivity index (χ4v) is 8.80. The van der Waals surface area contributed by atoms with Gasteiger partial charge < -0.3 is 4.90 Å². The van der Waals surface area contributed by atoms with Crippen LogP contribution in [0, 0.1) is 0 Å². The molecule has 0 heterocycles. The molecule has 0 aliphatic carbocycles. The van der Waals surface area contributed by atoms with Crippen LogP contribution in [0.25, 0.3) is 0 Å². The topological polar surface area (TPSA) is 23.6 Å². The molecule has 0 saturated heterocycles. The van der Waals surface area contributed by atoms with E-state index < -0.39 is 7.26 Å². The second-order valence-electron chi connectivity index (χ2n) is 8.36. The number of amides is 1. The Kier molecular flexibility index (Phi) is 7.25. The fourth-order valence-electron chi connectivity index (χ4n) is 4.31. The smallest absolute Gasteiger partial charge is 0.260 e. The zero-order chi connectivity index (χ0) is 24.0. The molecule has 0 aromatic heterocycles. The van der Waals surface area contributed by atoms with E-state index in [1.165, 1.54) is 15.9 Å². The SMILES string of the molecule is CN(C)/C=C(\N(C)C(=O)c1ccccc1)[P+](c1ccccc1)(c1ccccc1)c1ccccc1. The van der Waals surface area contributed by atoms with Crippen LogP contribution >= 0.6 is 7.26 Å². The summed E-state index contributed by atoms with van der Waals surface area (Å²) in [5.74, 6) is -0.0270. The molecule has 0 spiro atoms. The monoisotopic (exact) mass is 465 g/mol. The Morgan fingerprint density at radius 1 is 0.588 bits per heavy atom. The molecular formula is C30H30N2OP+. The van der Waals surface area contributed by atoms with Crippen LogP contribution in [-0.4, -0.2) is 36.9 Å². The summed E-state index contributed by atoms with van der Waals surface area (Å²) in [6, 6.07) is 41.3. The average molecular weight is 466 g/mol. The van der Waals surface area contributed by atoms with Gasteiger partial charge >= 0.3 is 0 Å². The lowest BCUT2D eigenvalue weighted by atomic mass is 10.2. The van der Waals surface area contributed by atoms with E-state index in [1.807, 2.05) is 79.5 Å². The van der Waals surface area contributed by atoms with Crippen LogP contribution in [0.2, 0.25) is 0 Å². The third-order valence-electron chi connectivity index (χ3n) is 5.82. The van der Waals surface area contributed by atoms with Crippen molar-refractivity contribution < 1.29 is 4.79 Å². The summed E-state index contributed by atoms with van der Waals surface area (Å²) in [6.07, 6.45) is 2.11. The summed E-state index contributed by atoms with van der Waals surface area (Å²) in [4.78, 5) is 17.7. The first-order valence-electron chi connectivity index (χ1n) is 11.3. The Morgan fingerprint density at radius 2 is 0.941 bits per heavy atom. The van der Waals surface area contributed by atoms with Gasteiger partial charge in [-0.1, -0.05) is 72.8 Å². The number of carbonyl (C=O) groups is 1. The summed E-state index contributed by atoms with van der Waals surface area (Å²) in [7, 11) is 3.49. The zero-order valence-corrected chi connectivity index (χ0v) is 20.8. The molecule has 4 heteroatoms. The van der Waals surface area contributed by atoms with E-state index in [0.29, 0.717) is 5.56 Å². The van der Waals surface area contributed by atoms with E-state index in [1.54, 1.807) is 0 Å². The van der Waals surface area contributed by atoms with Crippen molar-refractivity contribution in [3.63, 3.8) is 0 Å². The van der Waals surface area contributed by atoms with Crippen molar-refractivity contribution in [1.82, 2.24) is 9.80 Å². The van der Waals surface area contributed by atoms with Crippen LogP contribution in [0.4, 0.5) is 0 Å². The predicted octanol–water partition coefficient (Wildman–Crippen LogP) is 5.11. The van der Waals surface area contributed by atoms with Gasteiger partial charge in [-0.3, -0.25) is 9.69 Å². The standard InChI is InChI=1S/C30H30N2OP/c1-31(2)24-29(32(3)30(33)25-16-8-4-9-17-25)34(26-18-10-5-11-19-26,27-20-12-6-13-21-27)28-22-14-7-15-23-28/h4-24H,1-3H3/q+1/b29-24+. The summed E-state index contributed by atoms with van der Waals surface area (Å²) in [6.45, 7) is 0. The highest BCUT2D eigenvalue weighted by atomic mass is 31.2. The van der Waals surface area contributed by atoms with Gasteiger partial charge in [0.15, 0.2) is 12.7 Å². The van der Waals surface area contributed by atoms with E-state index in [-0.39, 0.29) is 5.91 Å². The molecule has 0 N–H and O–H groups in total. The lowest BCUT2D eigenvalue weighted by molar-refractivity contribution is 0.0843. The minimum atomic E-state index is -2.42. The van der Waals surface area contributed by atoms with Gasteiger partial charge in [0, 0.05) is 26.7 Å². The molecule has 0 atom stereocenters. The van der Waals surface area contributed by atoms with Gasteiger partial charge in [-0.2, -0.15) is 0 Å². The Hall–Kier alpha value is -3.68. The van der Waals surface area contributed by atoms with Crippen LogP contribution in [0.15, 0.2) is 133 Å². The highest BCUT2D eigenvalue weighted by Gasteiger charge is 2.52. The summed E-state index contributed by atoms with van der Waals surface area (Å²) >= 11 is 0. The van der Waals surface area contributed by atoms with Crippen molar-refractivity contribution in [3.8, 4) is 0 Å². The van der Waals surface area contributed by atoms with Crippen LogP contribution in [0.3, 0.4) is 0 Å². The van der Waals surface area contributed by atoms with Crippen LogP contribution in [-0.2, 0) is 0 Å². The summed E-state index contributed by atoms with van der Waals surface area (Å²) in [5.41, 5.74) is 1.65. The molecule has 0 radical (unpaired) electrons. The van der Waals surface area contributed by atoms with E-state index in [2.05, 4.69) is 79.0 Å². The van der Waals surface area contributed by atoms with Crippen molar-refractivity contribution in [2.24, 2.45) is 0 Å². The third-order valence-corrected chi connectivity index (χ3v) is 10.1. The maximum Gasteiger partial charge on any atom is 0.260 e. The van der Waals surface area contributed by atoms with E-state index in [0.717, 1.165) is 5.44 Å². The molecule has 34 heavy (non-hydrogen) atoms. The van der Waals surface area contributed by atoms with Gasteiger partial charge in [-0.05, 0) is 48.5 Å². The van der Waals surface area contributed by atoms with Crippen molar-refractivity contribution in [2.75, 3.05) is 21.1 Å². The van der Waals surface area contributed by atoms with E-state index >= 15 is 0 Å². The highest BCUT2D eigenvalue weighted by Crippen LogP contribution is 2.63. The molecule has 4 rings (SSSR count). The molecule has 0 saturated carbocycles. The quantitative estimate of drug-likeness (QED) is 0.354. The zero-order valence-electron chi connectivity index (χ0n) is 19.9. The van der Waals surface area contributed by atoms with Crippen LogP contribution in [0.5, 0.6) is 0 Å². The van der Waals surface area contributed by atoms with Crippen LogP contribution in [0.1, 0.15) is 10.4 Å². The van der Waals surface area contributed by atoms with Crippen molar-refractivity contribution >= 4 is 29.1 Å². The minimum absolute atomic E-state index is 0.0270. The number of hydrogen-bond donors (Lipinski definition) is 0. The Balaban J connectivity index is 2.07. The summed E-state index contributed by atoms with van der Waals surface area (Å²) in [5, 5.41) is 3.61. The van der Waals surface area contributed by atoms with Crippen molar-refractivity contribution in [1.29, 1.82) is 0 Å². The number of rotatable bonds is 7. The minimum Gasteiger partial charge on any atom is -0.379 e. The Morgan fingerprint density at radius 3 is 1.29 bits per heavy atom. The van der Waals surface area contributed by atoms with Crippen molar-refractivity contribution in [2.45, 2.75) is 0 Å². The molecular weight excluding hydrogens is 435 g/mol. The maximum atomic E-state index is 13.8. The largest absolute Gasteiger partial charge is 0.379 e. The maximum absolute atomic E-state index is 13.8. The molecule has 0 unspecified atom stereocenters. The first-order chi connectivity index (χ1) is 16.5. The predicted molar refractivity (Wildman–Crippen MR) is 145 cm³/mol. The van der Waals surface area contributed by atoms with E-state index in [4.69, 9.17) is 0 Å². The first kappa shape index (κ1) is 23.5. The van der Waals surface area contributed by atoms with Gasteiger partial charge in [0.2, 0.25) is 0 Å². The third kappa shape index (κ3) is 4.53. The van der Waals surface area contributed by atoms with Gasteiger partial charge in [-0.15, -0.1) is 0 Å². The Bertz CT molecular complexity index is 1140. The molecule has 3 nitrogen and oxygen atoms in total. The first-order valence-corrected chi connectivity index (χ1v) is 13.1. The lowest BCUT2D eigenvalue weighted by Crippen LogP contribution is -2.40. The molecule has 0 aliphatic rings. The van der Waals surface area contributed by atoms with Gasteiger partial charge in [0.1, 0.15) is 15.9 Å². The second kappa shape index (κ2) is 10.5. The molecule has 0 bridgehead atoms. The fraction of sp³-hybridized carbons (Fsp3) is 0.100. The molecule has 0 aliphatic heterocycles. The molecule has 4 aromatic rings. The number of hydrogen-bond acceptors (Lipinski definition) is 2. The molecule has 170 valence electrons. The highest BCUT2D eigenvalue weighted by molar-refractivity contribution is 7.99. The summed E-state index contributed by atoms with van der Waals surface area (Å²) < 4.78 is 0. The molecule has 4 aromatic carbocycles. The van der Waals surface area contributed by atoms with Gasteiger partial charge in [0.25, 0.3) is 5.91 Å². The average Bonchev–Trinajstić information content (AvgIpc) is 2.90. The Labute approximate surface area is 203 Å². The lowest BCUT2D eigenvalue weighted by Gasteiger charge is -2.34. The number of benzene rings is 4. The van der Waals surface area contributed by atoms with E-state index in [9.17, 15) is 4.79 Å². The molecule has 0 fully saturated rings. The van der Waals surface area contributed by atoms with Gasteiger partial charge in [-0.25, -0.2) is 0 Å². The van der Waals surface area contributed by atoms with Crippen molar-refractivity contribution in [3.05, 3.63) is 139 Å².